The minimum absolute atomic E-state index is 0.0394. The number of fused-ring (bicyclic) bond motifs is 1. The molecule has 0 atom stereocenters. The molecule has 0 aliphatic heterocycles. The molecule has 0 spiro atoms. The average molecular weight is 246 g/mol. The van der Waals surface area contributed by atoms with Crippen molar-refractivity contribution in [3.63, 3.8) is 0 Å². The number of aromatic nitrogens is 2. The van der Waals surface area contributed by atoms with Crippen LogP contribution in [0.2, 0.25) is 0 Å². The molecule has 0 saturated heterocycles. The first-order valence-electron chi connectivity index (χ1n) is 6.04. The number of hydrogen-bond donors (Lipinski definition) is 2. The second kappa shape index (κ2) is 5.64. The number of pyridine rings is 1. The van der Waals surface area contributed by atoms with E-state index in [-0.39, 0.29) is 5.91 Å². The van der Waals surface area contributed by atoms with Gasteiger partial charge in [-0.1, -0.05) is 6.07 Å². The first kappa shape index (κ1) is 12.6. The Morgan fingerprint density at radius 2 is 2.22 bits per heavy atom. The van der Waals surface area contributed by atoms with E-state index in [1.54, 1.807) is 0 Å². The molecule has 0 bridgehead atoms. The zero-order valence-corrected chi connectivity index (χ0v) is 10.7. The van der Waals surface area contributed by atoms with Crippen molar-refractivity contribution in [1.29, 1.82) is 0 Å². The monoisotopic (exact) mass is 246 g/mol. The number of carbonyl (C=O) groups excluding carboxylic acids is 1. The summed E-state index contributed by atoms with van der Waals surface area (Å²) < 4.78 is 1.98. The number of hydrogen-bond acceptors (Lipinski definition) is 3. The molecule has 0 fully saturated rings. The molecule has 0 aromatic carbocycles. The van der Waals surface area contributed by atoms with Gasteiger partial charge in [-0.05, 0) is 25.6 Å². The normalized spacial score (nSPS) is 10.8. The van der Waals surface area contributed by atoms with Crippen LogP contribution in [0.4, 0.5) is 0 Å². The number of nitrogens with zero attached hydrogens (tertiary/aromatic N) is 2. The number of amides is 1. The third-order valence-electron chi connectivity index (χ3n) is 2.72. The van der Waals surface area contributed by atoms with Crippen LogP contribution in [-0.2, 0) is 11.3 Å². The van der Waals surface area contributed by atoms with Gasteiger partial charge in [0.2, 0.25) is 5.91 Å². The van der Waals surface area contributed by atoms with Crippen molar-refractivity contribution in [3.8, 4) is 0 Å². The van der Waals surface area contributed by atoms with E-state index in [0.29, 0.717) is 19.5 Å². The topological polar surface area (TPSA) is 58.4 Å². The quantitative estimate of drug-likeness (QED) is 0.823. The highest BCUT2D eigenvalue weighted by molar-refractivity contribution is 5.76. The zero-order valence-electron chi connectivity index (χ0n) is 10.7. The largest absolute Gasteiger partial charge is 0.350 e. The van der Waals surface area contributed by atoms with Crippen molar-refractivity contribution >= 4 is 11.6 Å². The number of nitrogens with one attached hydrogen (secondary N) is 2. The maximum atomic E-state index is 11.5. The highest BCUT2D eigenvalue weighted by Gasteiger charge is 2.04. The van der Waals surface area contributed by atoms with Gasteiger partial charge >= 0.3 is 0 Å². The first-order chi connectivity index (χ1) is 8.69. The van der Waals surface area contributed by atoms with E-state index in [9.17, 15) is 4.79 Å². The predicted molar refractivity (Wildman–Crippen MR) is 70.3 cm³/mol. The molecule has 2 N–H and O–H groups in total. The summed E-state index contributed by atoms with van der Waals surface area (Å²) in [4.78, 5) is 15.9. The Kier molecular flexibility index (Phi) is 3.94. The van der Waals surface area contributed by atoms with Crippen LogP contribution in [0.15, 0.2) is 24.5 Å². The van der Waals surface area contributed by atoms with Crippen molar-refractivity contribution < 1.29 is 4.79 Å². The molecule has 96 valence electrons. The molecule has 2 aromatic heterocycles. The summed E-state index contributed by atoms with van der Waals surface area (Å²) in [7, 11) is 1.83. The summed E-state index contributed by atoms with van der Waals surface area (Å²) in [5.74, 6) is 0.0394. The first-order valence-corrected chi connectivity index (χ1v) is 6.04. The van der Waals surface area contributed by atoms with Crippen molar-refractivity contribution in [2.75, 3.05) is 13.6 Å². The van der Waals surface area contributed by atoms with E-state index >= 15 is 0 Å². The fourth-order valence-electron chi connectivity index (χ4n) is 1.76. The molecule has 5 heteroatoms. The van der Waals surface area contributed by atoms with Crippen molar-refractivity contribution in [1.82, 2.24) is 20.0 Å². The summed E-state index contributed by atoms with van der Waals surface area (Å²) in [5, 5.41) is 5.80. The van der Waals surface area contributed by atoms with Gasteiger partial charge in [0.15, 0.2) is 0 Å². The van der Waals surface area contributed by atoms with Gasteiger partial charge in [0.1, 0.15) is 5.65 Å². The van der Waals surface area contributed by atoms with Crippen LogP contribution in [0.1, 0.15) is 17.7 Å². The molecule has 2 heterocycles. The summed E-state index contributed by atoms with van der Waals surface area (Å²) in [5.41, 5.74) is 2.96. The van der Waals surface area contributed by atoms with E-state index < -0.39 is 0 Å². The predicted octanol–water partition coefficient (Wildman–Crippen LogP) is 0.868. The van der Waals surface area contributed by atoms with Gasteiger partial charge in [0.25, 0.3) is 0 Å². The van der Waals surface area contributed by atoms with Gasteiger partial charge in [-0.3, -0.25) is 4.79 Å². The SMILES string of the molecule is CNCCC(=O)NCc1cn2cc(C)ccc2n1. The maximum absolute atomic E-state index is 11.5. The fraction of sp³-hybridized carbons (Fsp3) is 0.385. The van der Waals surface area contributed by atoms with Crippen LogP contribution in [0.25, 0.3) is 5.65 Å². The minimum atomic E-state index is 0.0394. The van der Waals surface area contributed by atoms with E-state index in [1.165, 1.54) is 5.56 Å². The van der Waals surface area contributed by atoms with Crippen LogP contribution in [-0.4, -0.2) is 28.9 Å². The Balaban J connectivity index is 1.97. The standard InChI is InChI=1S/C13H18N4O/c1-10-3-4-12-16-11(9-17(12)8-10)7-15-13(18)5-6-14-2/h3-4,8-9,14H,5-7H2,1-2H3,(H,15,18). The van der Waals surface area contributed by atoms with Crippen molar-refractivity contribution in [2.24, 2.45) is 0 Å². The van der Waals surface area contributed by atoms with Crippen LogP contribution in [0, 0.1) is 6.92 Å². The summed E-state index contributed by atoms with van der Waals surface area (Å²) in [6, 6.07) is 4.00. The van der Waals surface area contributed by atoms with E-state index in [0.717, 1.165) is 11.3 Å². The summed E-state index contributed by atoms with van der Waals surface area (Å²) in [6.45, 7) is 3.21. The maximum Gasteiger partial charge on any atom is 0.221 e. The smallest absolute Gasteiger partial charge is 0.221 e. The van der Waals surface area contributed by atoms with Crippen molar-refractivity contribution in [3.05, 3.63) is 35.8 Å². The molecule has 18 heavy (non-hydrogen) atoms. The number of carbonyl (C=O) groups is 1. The molecule has 1 amide bonds. The second-order valence-electron chi connectivity index (χ2n) is 4.33. The molecule has 0 aliphatic rings. The molecule has 2 rings (SSSR count). The lowest BCUT2D eigenvalue weighted by Gasteiger charge is -2.01. The Bertz CT molecular complexity index is 547. The summed E-state index contributed by atoms with van der Waals surface area (Å²) in [6.07, 6.45) is 4.46. The van der Waals surface area contributed by atoms with Crippen LogP contribution < -0.4 is 10.6 Å². The Morgan fingerprint density at radius 3 is 3.00 bits per heavy atom. The molecular formula is C13H18N4O. The van der Waals surface area contributed by atoms with Crippen LogP contribution >= 0.6 is 0 Å². The van der Waals surface area contributed by atoms with E-state index in [4.69, 9.17) is 0 Å². The number of rotatable bonds is 5. The Morgan fingerprint density at radius 1 is 1.39 bits per heavy atom. The van der Waals surface area contributed by atoms with Gasteiger partial charge in [0.05, 0.1) is 12.2 Å². The molecule has 5 nitrogen and oxygen atoms in total. The molecule has 0 saturated carbocycles. The van der Waals surface area contributed by atoms with Crippen LogP contribution in [0.3, 0.4) is 0 Å². The number of imidazole rings is 1. The highest BCUT2D eigenvalue weighted by Crippen LogP contribution is 2.06. The van der Waals surface area contributed by atoms with Gasteiger partial charge in [-0.25, -0.2) is 4.98 Å². The Labute approximate surface area is 106 Å². The second-order valence-corrected chi connectivity index (χ2v) is 4.33. The van der Waals surface area contributed by atoms with Gasteiger partial charge in [-0.2, -0.15) is 0 Å². The molecular weight excluding hydrogens is 228 g/mol. The Hall–Kier alpha value is -1.88. The lowest BCUT2D eigenvalue weighted by molar-refractivity contribution is -0.121. The van der Waals surface area contributed by atoms with Gasteiger partial charge in [0, 0.05) is 25.4 Å². The molecule has 2 aromatic rings. The molecule has 0 radical (unpaired) electrons. The molecule has 0 unspecified atom stereocenters. The van der Waals surface area contributed by atoms with Gasteiger partial charge < -0.3 is 15.0 Å². The van der Waals surface area contributed by atoms with E-state index in [2.05, 4.69) is 15.6 Å². The minimum Gasteiger partial charge on any atom is -0.350 e. The number of aryl methyl sites for hydroxylation is 1. The summed E-state index contributed by atoms with van der Waals surface area (Å²) >= 11 is 0. The van der Waals surface area contributed by atoms with Gasteiger partial charge in [-0.15, -0.1) is 0 Å². The molecule has 0 aliphatic carbocycles. The fourth-order valence-corrected chi connectivity index (χ4v) is 1.76. The third kappa shape index (κ3) is 3.07. The lowest BCUT2D eigenvalue weighted by Crippen LogP contribution is -2.26. The average Bonchev–Trinajstić information content (AvgIpc) is 2.75. The van der Waals surface area contributed by atoms with Crippen LogP contribution in [0.5, 0.6) is 0 Å². The van der Waals surface area contributed by atoms with Crippen molar-refractivity contribution in [2.45, 2.75) is 19.9 Å². The third-order valence-corrected chi connectivity index (χ3v) is 2.72. The highest BCUT2D eigenvalue weighted by atomic mass is 16.1. The lowest BCUT2D eigenvalue weighted by atomic mass is 10.3. The zero-order chi connectivity index (χ0) is 13.0. The van der Waals surface area contributed by atoms with E-state index in [1.807, 2.05) is 42.9 Å².